The van der Waals surface area contributed by atoms with Crippen molar-refractivity contribution in [1.82, 2.24) is 15.1 Å². The molecule has 7 atom stereocenters. The van der Waals surface area contributed by atoms with Crippen LogP contribution in [0, 0.1) is 11.8 Å². The topological polar surface area (TPSA) is 108 Å². The number of fused-ring (bicyclic) bond motifs is 2. The van der Waals surface area contributed by atoms with E-state index >= 15 is 0 Å². The number of aliphatic hydroxyl groups is 1. The van der Waals surface area contributed by atoms with E-state index in [1.807, 2.05) is 81.4 Å². The van der Waals surface area contributed by atoms with E-state index in [0.29, 0.717) is 29.6 Å². The maximum atomic E-state index is 13.9. The minimum atomic E-state index is -0.642. The van der Waals surface area contributed by atoms with Gasteiger partial charge in [-0.2, -0.15) is 0 Å². The molecule has 298 valence electrons. The minimum Gasteiger partial charge on any atom is -0.392 e. The molecule has 3 aliphatic heterocycles. The first-order valence-electron chi connectivity index (χ1n) is 20.7. The molecular weight excluding hydrogens is 715 g/mol. The Morgan fingerprint density at radius 1 is 0.772 bits per heavy atom. The second kappa shape index (κ2) is 16.3. The standard InChI is InChI=1S/C48H55N3O6/c1-30-42(28-50-40-15-8-5-11-34(40)24-25-41(50)44(53)49-48(2,3)4)56-47(57-43(30)35-18-16-31(29-52)17-19-35)36-22-20-33(21-23-36)37-12-9-10-32(26-37)27-51-45(54)38-13-6-7-14-39(38)46(51)55/h6-7,9-10,12-14,16-23,26,30,34,40-43,47,52H,5,8,11,15,24-25,27-29H2,1-4H3,(H,49,53). The zero-order valence-corrected chi connectivity index (χ0v) is 33.5. The molecule has 7 unspecified atom stereocenters. The maximum Gasteiger partial charge on any atom is 0.261 e. The van der Waals surface area contributed by atoms with Crippen LogP contribution in [0.4, 0.5) is 0 Å². The Kier molecular flexibility index (Phi) is 11.2. The van der Waals surface area contributed by atoms with E-state index in [9.17, 15) is 19.5 Å². The highest BCUT2D eigenvalue weighted by atomic mass is 16.7. The first-order valence-corrected chi connectivity index (χ1v) is 20.7. The summed E-state index contributed by atoms with van der Waals surface area (Å²) in [7, 11) is 0. The van der Waals surface area contributed by atoms with Crippen molar-refractivity contribution in [3.05, 3.63) is 130 Å². The van der Waals surface area contributed by atoms with Crippen molar-refractivity contribution in [2.24, 2.45) is 11.8 Å². The summed E-state index contributed by atoms with van der Waals surface area (Å²) in [5.41, 5.74) is 6.17. The molecule has 3 amide bonds. The van der Waals surface area contributed by atoms with Crippen molar-refractivity contribution in [1.29, 1.82) is 0 Å². The van der Waals surface area contributed by atoms with E-state index in [1.165, 1.54) is 24.2 Å². The lowest BCUT2D eigenvalue weighted by Gasteiger charge is -2.51. The summed E-state index contributed by atoms with van der Waals surface area (Å²) < 4.78 is 13.8. The van der Waals surface area contributed by atoms with Gasteiger partial charge in [0.15, 0.2) is 6.29 Å². The number of hydrogen-bond acceptors (Lipinski definition) is 7. The molecule has 9 nitrogen and oxygen atoms in total. The maximum absolute atomic E-state index is 13.9. The number of aliphatic hydroxyl groups excluding tert-OH is 1. The molecule has 9 heteroatoms. The molecule has 3 fully saturated rings. The van der Waals surface area contributed by atoms with E-state index in [4.69, 9.17) is 9.47 Å². The van der Waals surface area contributed by atoms with Crippen LogP contribution < -0.4 is 5.32 Å². The van der Waals surface area contributed by atoms with Crippen molar-refractivity contribution >= 4 is 17.7 Å². The van der Waals surface area contributed by atoms with Gasteiger partial charge in [0.05, 0.1) is 42.5 Å². The quantitative estimate of drug-likeness (QED) is 0.165. The number of nitrogens with zero attached hydrogens (tertiary/aromatic N) is 2. The van der Waals surface area contributed by atoms with E-state index in [2.05, 4.69) is 29.3 Å². The average molecular weight is 770 g/mol. The predicted octanol–water partition coefficient (Wildman–Crippen LogP) is 8.37. The normalized spacial score (nSPS) is 26.5. The van der Waals surface area contributed by atoms with Gasteiger partial charge >= 0.3 is 0 Å². The molecule has 0 radical (unpaired) electrons. The van der Waals surface area contributed by atoms with Crippen LogP contribution in [0.2, 0.25) is 0 Å². The monoisotopic (exact) mass is 769 g/mol. The van der Waals surface area contributed by atoms with Crippen LogP contribution in [0.25, 0.3) is 11.1 Å². The first-order chi connectivity index (χ1) is 27.5. The Morgan fingerprint density at radius 3 is 2.14 bits per heavy atom. The van der Waals surface area contributed by atoms with E-state index in [-0.39, 0.29) is 60.6 Å². The summed E-state index contributed by atoms with van der Waals surface area (Å²) in [6, 6.07) is 31.3. The number of hydrogen-bond donors (Lipinski definition) is 2. The Hall–Kier alpha value is -4.67. The third-order valence-electron chi connectivity index (χ3n) is 12.5. The lowest BCUT2D eigenvalue weighted by Crippen LogP contribution is -2.61. The summed E-state index contributed by atoms with van der Waals surface area (Å²) in [4.78, 5) is 43.8. The molecule has 4 aromatic carbocycles. The Bertz CT molecular complexity index is 2060. The van der Waals surface area contributed by atoms with Gasteiger partial charge in [-0.15, -0.1) is 0 Å². The summed E-state index contributed by atoms with van der Waals surface area (Å²) in [5, 5.41) is 13.1. The Morgan fingerprint density at radius 2 is 1.46 bits per heavy atom. The summed E-state index contributed by atoms with van der Waals surface area (Å²) in [6.45, 7) is 9.13. The van der Waals surface area contributed by atoms with Crippen LogP contribution >= 0.6 is 0 Å². The van der Waals surface area contributed by atoms with Crippen molar-refractivity contribution in [3.63, 3.8) is 0 Å². The lowest BCUT2D eigenvalue weighted by molar-refractivity contribution is -0.278. The van der Waals surface area contributed by atoms with Gasteiger partial charge in [-0.05, 0) is 98.4 Å². The van der Waals surface area contributed by atoms with Gasteiger partial charge in [-0.1, -0.05) is 98.6 Å². The molecule has 1 saturated carbocycles. The Labute approximate surface area is 336 Å². The SMILES string of the molecule is CC1C(CN2C(C(=O)NC(C)(C)C)CCC3CCCCC32)OC(c2ccc(-c3cccc(CN4C(=O)c5ccccc5C4=O)c3)cc2)OC1c1ccc(CO)cc1. The van der Waals surface area contributed by atoms with Crippen LogP contribution in [0.1, 0.15) is 122 Å². The number of ether oxygens (including phenoxy) is 2. The summed E-state index contributed by atoms with van der Waals surface area (Å²) in [5.74, 6) is 0.137. The molecular formula is C48H55N3O6. The van der Waals surface area contributed by atoms with Crippen LogP contribution in [0.3, 0.4) is 0 Å². The molecule has 3 heterocycles. The second-order valence-electron chi connectivity index (χ2n) is 17.5. The molecule has 57 heavy (non-hydrogen) atoms. The molecule has 4 aromatic rings. The number of carbonyl (C=O) groups is 3. The number of rotatable bonds is 9. The van der Waals surface area contributed by atoms with Gasteiger partial charge in [-0.3, -0.25) is 24.2 Å². The highest BCUT2D eigenvalue weighted by Crippen LogP contribution is 2.45. The van der Waals surface area contributed by atoms with Gasteiger partial charge in [0.25, 0.3) is 11.8 Å². The molecule has 0 spiro atoms. The minimum absolute atomic E-state index is 0.0132. The Balaban J connectivity index is 1.05. The van der Waals surface area contributed by atoms with Crippen molar-refractivity contribution in [2.75, 3.05) is 6.54 Å². The van der Waals surface area contributed by atoms with Crippen LogP contribution in [0.5, 0.6) is 0 Å². The highest BCUT2D eigenvalue weighted by Gasteiger charge is 2.46. The van der Waals surface area contributed by atoms with Crippen LogP contribution in [0.15, 0.2) is 97.1 Å². The molecule has 2 N–H and O–H groups in total. The number of nitrogens with one attached hydrogen (secondary N) is 1. The van der Waals surface area contributed by atoms with Crippen molar-refractivity contribution in [3.8, 4) is 11.1 Å². The fourth-order valence-corrected chi connectivity index (χ4v) is 9.51. The molecule has 2 saturated heterocycles. The molecule has 4 aliphatic rings. The molecule has 0 aromatic heterocycles. The van der Waals surface area contributed by atoms with E-state index in [0.717, 1.165) is 52.6 Å². The van der Waals surface area contributed by atoms with E-state index in [1.54, 1.807) is 24.3 Å². The van der Waals surface area contributed by atoms with Crippen LogP contribution in [-0.4, -0.2) is 62.9 Å². The highest BCUT2D eigenvalue weighted by molar-refractivity contribution is 6.21. The van der Waals surface area contributed by atoms with E-state index < -0.39 is 6.29 Å². The smallest absolute Gasteiger partial charge is 0.261 e. The van der Waals surface area contributed by atoms with Gasteiger partial charge in [0.2, 0.25) is 5.91 Å². The van der Waals surface area contributed by atoms with Crippen LogP contribution in [-0.2, 0) is 27.4 Å². The van der Waals surface area contributed by atoms with Crippen molar-refractivity contribution in [2.45, 2.75) is 115 Å². The number of amides is 3. The van der Waals surface area contributed by atoms with Gasteiger partial charge in [-0.25, -0.2) is 0 Å². The third-order valence-corrected chi connectivity index (χ3v) is 12.5. The predicted molar refractivity (Wildman–Crippen MR) is 219 cm³/mol. The average Bonchev–Trinajstić information content (AvgIpc) is 3.45. The number of piperidine rings is 1. The largest absolute Gasteiger partial charge is 0.392 e. The van der Waals surface area contributed by atoms with Gasteiger partial charge < -0.3 is 19.9 Å². The summed E-state index contributed by atoms with van der Waals surface area (Å²) >= 11 is 0. The fourth-order valence-electron chi connectivity index (χ4n) is 9.51. The lowest BCUT2D eigenvalue weighted by atomic mass is 9.75. The summed E-state index contributed by atoms with van der Waals surface area (Å²) in [6.07, 6.45) is 5.53. The number of carbonyl (C=O) groups excluding carboxylic acids is 3. The van der Waals surface area contributed by atoms with Gasteiger partial charge in [0.1, 0.15) is 0 Å². The second-order valence-corrected chi connectivity index (χ2v) is 17.5. The molecule has 8 rings (SSSR count). The molecule has 1 aliphatic carbocycles. The van der Waals surface area contributed by atoms with Gasteiger partial charge in [0, 0.05) is 29.6 Å². The number of likely N-dealkylation sites (tertiary alicyclic amines) is 1. The molecule has 0 bridgehead atoms. The number of imide groups is 1. The third kappa shape index (κ3) is 8.21. The van der Waals surface area contributed by atoms with Crippen molar-refractivity contribution < 1.29 is 29.0 Å². The fraction of sp³-hybridized carbons (Fsp3) is 0.438. The zero-order valence-electron chi connectivity index (χ0n) is 33.5. The first kappa shape index (κ1) is 39.2. The number of benzene rings is 4. The zero-order chi connectivity index (χ0) is 39.8.